The molecule has 0 saturated carbocycles. The average Bonchev–Trinajstić information content (AvgIpc) is 2.87. The van der Waals surface area contributed by atoms with Crippen LogP contribution in [0, 0.1) is 18.3 Å². The summed E-state index contributed by atoms with van der Waals surface area (Å²) >= 11 is 0. The molecule has 2 nitrogen and oxygen atoms in total. The van der Waals surface area contributed by atoms with Gasteiger partial charge < -0.3 is 4.57 Å². The van der Waals surface area contributed by atoms with Gasteiger partial charge in [0.05, 0.1) is 11.3 Å². The second-order valence-corrected chi connectivity index (χ2v) is 4.37. The van der Waals surface area contributed by atoms with E-state index in [1.807, 2.05) is 35.2 Å². The molecule has 1 aromatic heterocycles. The predicted octanol–water partition coefficient (Wildman–Crippen LogP) is 3.81. The molecular weight excluding hydrogens is 220 g/mol. The standard InChI is InChI=1S/C16H12N2/c1-12-6-7-14-4-2-3-5-15(14)16(12)18-9-8-13(10-17)11-18/h2-9,11H,1H3. The summed E-state index contributed by atoms with van der Waals surface area (Å²) in [6, 6.07) is 16.5. The number of rotatable bonds is 1. The molecule has 86 valence electrons. The summed E-state index contributed by atoms with van der Waals surface area (Å²) in [7, 11) is 0. The first-order chi connectivity index (χ1) is 8.79. The zero-order valence-corrected chi connectivity index (χ0v) is 10.1. The molecule has 2 aromatic carbocycles. The van der Waals surface area contributed by atoms with E-state index in [0.29, 0.717) is 5.56 Å². The number of nitrogens with zero attached hydrogens (tertiary/aromatic N) is 2. The minimum atomic E-state index is 0.683. The van der Waals surface area contributed by atoms with Crippen molar-refractivity contribution in [2.75, 3.05) is 0 Å². The van der Waals surface area contributed by atoms with Gasteiger partial charge in [-0.25, -0.2) is 0 Å². The van der Waals surface area contributed by atoms with E-state index in [2.05, 4.69) is 37.3 Å². The lowest BCUT2D eigenvalue weighted by Gasteiger charge is -2.11. The molecule has 0 unspecified atom stereocenters. The Morgan fingerprint density at radius 3 is 2.67 bits per heavy atom. The normalized spacial score (nSPS) is 10.4. The number of aromatic nitrogens is 1. The Morgan fingerprint density at radius 1 is 1.06 bits per heavy atom. The second-order valence-electron chi connectivity index (χ2n) is 4.37. The largest absolute Gasteiger partial charge is 0.322 e. The molecule has 0 aliphatic heterocycles. The Bertz CT molecular complexity index is 760. The molecule has 3 aromatic rings. The van der Waals surface area contributed by atoms with Crippen molar-refractivity contribution in [3.63, 3.8) is 0 Å². The fraction of sp³-hybridized carbons (Fsp3) is 0.0625. The Hall–Kier alpha value is -2.53. The first kappa shape index (κ1) is 10.6. The molecule has 0 aliphatic carbocycles. The fourth-order valence-electron chi connectivity index (χ4n) is 2.31. The zero-order valence-electron chi connectivity index (χ0n) is 10.1. The van der Waals surface area contributed by atoms with Crippen LogP contribution in [-0.2, 0) is 0 Å². The minimum absolute atomic E-state index is 0.683. The fourth-order valence-corrected chi connectivity index (χ4v) is 2.31. The number of fused-ring (bicyclic) bond motifs is 1. The average molecular weight is 232 g/mol. The van der Waals surface area contributed by atoms with E-state index in [1.54, 1.807) is 0 Å². The molecule has 2 heteroatoms. The van der Waals surface area contributed by atoms with Gasteiger partial charge in [-0.05, 0) is 23.9 Å². The molecule has 0 saturated heterocycles. The van der Waals surface area contributed by atoms with Crippen LogP contribution in [0.2, 0.25) is 0 Å². The van der Waals surface area contributed by atoms with Crippen LogP contribution in [0.1, 0.15) is 11.1 Å². The predicted molar refractivity (Wildman–Crippen MR) is 72.7 cm³/mol. The lowest BCUT2D eigenvalue weighted by molar-refractivity contribution is 1.07. The van der Waals surface area contributed by atoms with Crippen LogP contribution in [0.5, 0.6) is 0 Å². The van der Waals surface area contributed by atoms with Gasteiger partial charge in [-0.3, -0.25) is 0 Å². The van der Waals surface area contributed by atoms with Crippen molar-refractivity contribution in [1.29, 1.82) is 5.26 Å². The highest BCUT2D eigenvalue weighted by Crippen LogP contribution is 2.26. The molecule has 18 heavy (non-hydrogen) atoms. The number of hydrogen-bond donors (Lipinski definition) is 0. The van der Waals surface area contributed by atoms with Crippen LogP contribution in [0.4, 0.5) is 0 Å². The third-order valence-corrected chi connectivity index (χ3v) is 3.18. The summed E-state index contributed by atoms with van der Waals surface area (Å²) in [6.45, 7) is 2.09. The lowest BCUT2D eigenvalue weighted by Crippen LogP contribution is -1.95. The first-order valence-electron chi connectivity index (χ1n) is 5.86. The first-order valence-corrected chi connectivity index (χ1v) is 5.86. The van der Waals surface area contributed by atoms with Crippen molar-refractivity contribution in [3.8, 4) is 11.8 Å². The number of nitriles is 1. The summed E-state index contributed by atoms with van der Waals surface area (Å²) in [5, 5.41) is 11.3. The highest BCUT2D eigenvalue weighted by atomic mass is 14.9. The molecule has 3 rings (SSSR count). The molecule has 0 amide bonds. The van der Waals surface area contributed by atoms with E-state index in [0.717, 1.165) is 5.69 Å². The van der Waals surface area contributed by atoms with Gasteiger partial charge in [0.15, 0.2) is 0 Å². The lowest BCUT2D eigenvalue weighted by atomic mass is 10.0. The molecular formula is C16H12N2. The van der Waals surface area contributed by atoms with Crippen LogP contribution in [-0.4, -0.2) is 4.57 Å². The van der Waals surface area contributed by atoms with Gasteiger partial charge >= 0.3 is 0 Å². The van der Waals surface area contributed by atoms with E-state index >= 15 is 0 Å². The van der Waals surface area contributed by atoms with Crippen molar-refractivity contribution in [2.45, 2.75) is 6.92 Å². The minimum Gasteiger partial charge on any atom is -0.322 e. The third kappa shape index (κ3) is 1.57. The van der Waals surface area contributed by atoms with Gasteiger partial charge in [-0.15, -0.1) is 0 Å². The molecule has 1 heterocycles. The van der Waals surface area contributed by atoms with Gasteiger partial charge in [0.1, 0.15) is 6.07 Å². The molecule has 0 bridgehead atoms. The smallest absolute Gasteiger partial charge is 0.101 e. The van der Waals surface area contributed by atoms with Crippen LogP contribution < -0.4 is 0 Å². The molecule has 0 spiro atoms. The van der Waals surface area contributed by atoms with E-state index in [-0.39, 0.29) is 0 Å². The molecule has 0 atom stereocenters. The summed E-state index contributed by atoms with van der Waals surface area (Å²) in [4.78, 5) is 0. The van der Waals surface area contributed by atoms with Crippen molar-refractivity contribution in [3.05, 3.63) is 66.0 Å². The van der Waals surface area contributed by atoms with Crippen molar-refractivity contribution in [2.24, 2.45) is 0 Å². The van der Waals surface area contributed by atoms with E-state index in [9.17, 15) is 0 Å². The summed E-state index contributed by atoms with van der Waals surface area (Å²) in [6.07, 6.45) is 3.81. The molecule has 0 aliphatic rings. The van der Waals surface area contributed by atoms with E-state index in [4.69, 9.17) is 5.26 Å². The van der Waals surface area contributed by atoms with E-state index < -0.39 is 0 Å². The Labute approximate surface area is 106 Å². The van der Waals surface area contributed by atoms with Crippen LogP contribution in [0.3, 0.4) is 0 Å². The Balaban J connectivity index is 2.34. The van der Waals surface area contributed by atoms with Gasteiger partial charge in [0.25, 0.3) is 0 Å². The Kier molecular flexibility index (Phi) is 2.39. The summed E-state index contributed by atoms with van der Waals surface area (Å²) in [5.41, 5.74) is 3.03. The maximum Gasteiger partial charge on any atom is 0.101 e. The van der Waals surface area contributed by atoms with Gasteiger partial charge in [0, 0.05) is 17.8 Å². The molecule has 0 fully saturated rings. The van der Waals surface area contributed by atoms with Crippen molar-refractivity contribution >= 4 is 10.8 Å². The van der Waals surface area contributed by atoms with E-state index in [1.165, 1.54) is 16.3 Å². The van der Waals surface area contributed by atoms with Crippen molar-refractivity contribution < 1.29 is 0 Å². The van der Waals surface area contributed by atoms with Gasteiger partial charge in [-0.1, -0.05) is 36.4 Å². The maximum atomic E-state index is 8.92. The summed E-state index contributed by atoms with van der Waals surface area (Å²) in [5.74, 6) is 0. The SMILES string of the molecule is Cc1ccc2ccccc2c1-n1ccc(C#N)c1. The topological polar surface area (TPSA) is 28.7 Å². The summed E-state index contributed by atoms with van der Waals surface area (Å²) < 4.78 is 2.02. The zero-order chi connectivity index (χ0) is 12.5. The number of benzene rings is 2. The van der Waals surface area contributed by atoms with Gasteiger partial charge in [-0.2, -0.15) is 5.26 Å². The monoisotopic (exact) mass is 232 g/mol. The van der Waals surface area contributed by atoms with Gasteiger partial charge in [0.2, 0.25) is 0 Å². The van der Waals surface area contributed by atoms with Crippen molar-refractivity contribution in [1.82, 2.24) is 4.57 Å². The maximum absolute atomic E-state index is 8.92. The highest BCUT2D eigenvalue weighted by molar-refractivity contribution is 5.91. The quantitative estimate of drug-likeness (QED) is 0.627. The number of hydrogen-bond acceptors (Lipinski definition) is 1. The van der Waals surface area contributed by atoms with Crippen LogP contribution >= 0.6 is 0 Å². The third-order valence-electron chi connectivity index (χ3n) is 3.18. The molecule has 0 radical (unpaired) electrons. The second kappa shape index (κ2) is 4.05. The van der Waals surface area contributed by atoms with Crippen LogP contribution in [0.15, 0.2) is 54.9 Å². The number of aryl methyl sites for hydroxylation is 1. The van der Waals surface area contributed by atoms with Crippen LogP contribution in [0.25, 0.3) is 16.5 Å². The highest BCUT2D eigenvalue weighted by Gasteiger charge is 2.06. The Morgan fingerprint density at radius 2 is 1.89 bits per heavy atom. The molecule has 0 N–H and O–H groups in total.